The van der Waals surface area contributed by atoms with Gasteiger partial charge in [0.1, 0.15) is 0 Å². The normalized spacial score (nSPS) is 14.5. The fourth-order valence-electron chi connectivity index (χ4n) is 3.25. The van der Waals surface area contributed by atoms with E-state index in [9.17, 15) is 0 Å². The third-order valence-corrected chi connectivity index (χ3v) is 21.0. The minimum Gasteiger partial charge on any atom is -0.416 e. The molecule has 0 saturated heterocycles. The van der Waals surface area contributed by atoms with Crippen LogP contribution in [0.4, 0.5) is 0 Å². The van der Waals surface area contributed by atoms with Crippen LogP contribution in [0.5, 0.6) is 0 Å². The Kier molecular flexibility index (Phi) is 12.4. The number of aliphatic hydroxyl groups excluding tert-OH is 2. The molecule has 13 heteroatoms. The highest BCUT2D eigenvalue weighted by Crippen LogP contribution is 2.26. The highest BCUT2D eigenvalue weighted by Gasteiger charge is 2.46. The SMILES string of the molecule is C[Si](C)(OCCCO)O[Si](C)(C)O[Si](C)(C)O[Si](C)(C)O[Si](C)(C)OCCCO. The summed E-state index contributed by atoms with van der Waals surface area (Å²) in [6.45, 7) is 21.3. The van der Waals surface area contributed by atoms with Gasteiger partial charge in [-0.3, -0.25) is 0 Å². The topological polar surface area (TPSA) is 95.8 Å². The van der Waals surface area contributed by atoms with Crippen molar-refractivity contribution in [2.45, 2.75) is 78.3 Å². The molecule has 0 radical (unpaired) electrons. The second-order valence-corrected chi connectivity index (χ2v) is 27.1. The van der Waals surface area contributed by atoms with E-state index in [1.165, 1.54) is 0 Å². The molecule has 0 aliphatic carbocycles. The monoisotopic (exact) mass is 504 g/mol. The molecule has 2 N–H and O–H groups in total. The van der Waals surface area contributed by atoms with E-state index in [1.807, 2.05) is 65.5 Å². The Morgan fingerprint density at radius 1 is 0.448 bits per heavy atom. The van der Waals surface area contributed by atoms with E-state index in [0.29, 0.717) is 26.1 Å². The summed E-state index contributed by atoms with van der Waals surface area (Å²) >= 11 is 0. The van der Waals surface area contributed by atoms with Crippen LogP contribution in [-0.2, 0) is 25.3 Å². The molecule has 0 aromatic carbocycles. The predicted molar refractivity (Wildman–Crippen MR) is 127 cm³/mol. The molecule has 0 atom stereocenters. The maximum Gasteiger partial charge on any atom is 0.322 e. The van der Waals surface area contributed by atoms with E-state index in [2.05, 4.69) is 0 Å². The second kappa shape index (κ2) is 12.1. The van der Waals surface area contributed by atoms with Crippen LogP contribution in [0.2, 0.25) is 65.5 Å². The molecule has 0 aromatic rings. The molecule has 176 valence electrons. The largest absolute Gasteiger partial charge is 0.416 e. The van der Waals surface area contributed by atoms with Crippen molar-refractivity contribution in [1.29, 1.82) is 0 Å². The quantitative estimate of drug-likeness (QED) is 0.244. The van der Waals surface area contributed by atoms with Gasteiger partial charge in [-0.25, -0.2) is 0 Å². The Bertz CT molecular complexity index is 434. The fraction of sp³-hybridized carbons (Fsp3) is 1.00. The van der Waals surface area contributed by atoms with Crippen LogP contribution in [0.15, 0.2) is 0 Å². The average Bonchev–Trinajstić information content (AvgIpc) is 2.41. The molecular weight excluding hydrogens is 461 g/mol. The van der Waals surface area contributed by atoms with Crippen LogP contribution in [0.25, 0.3) is 0 Å². The van der Waals surface area contributed by atoms with Crippen molar-refractivity contribution in [1.82, 2.24) is 0 Å². The third-order valence-electron chi connectivity index (χ3n) is 3.47. The molecule has 0 amide bonds. The lowest BCUT2D eigenvalue weighted by atomic mass is 10.5. The molecule has 29 heavy (non-hydrogen) atoms. The van der Waals surface area contributed by atoms with E-state index >= 15 is 0 Å². The van der Waals surface area contributed by atoms with Gasteiger partial charge in [0.15, 0.2) is 0 Å². The van der Waals surface area contributed by atoms with Crippen LogP contribution >= 0.6 is 0 Å². The van der Waals surface area contributed by atoms with E-state index in [-0.39, 0.29) is 13.2 Å². The van der Waals surface area contributed by atoms with Crippen molar-refractivity contribution in [2.75, 3.05) is 26.4 Å². The first kappa shape index (κ1) is 29.8. The highest BCUT2D eigenvalue weighted by molar-refractivity contribution is 6.89. The molecule has 0 aliphatic rings. The summed E-state index contributed by atoms with van der Waals surface area (Å²) in [5.41, 5.74) is 0. The summed E-state index contributed by atoms with van der Waals surface area (Å²) in [6.07, 6.45) is 1.20. The van der Waals surface area contributed by atoms with Gasteiger partial charge in [0.2, 0.25) is 0 Å². The number of aliphatic hydroxyl groups is 2. The molecule has 0 unspecified atom stereocenters. The summed E-state index contributed by atoms with van der Waals surface area (Å²) in [5.74, 6) is 0. The Morgan fingerprint density at radius 2 is 0.690 bits per heavy atom. The molecular formula is C16H44O8Si5. The van der Waals surface area contributed by atoms with Crippen molar-refractivity contribution < 1.29 is 35.5 Å². The number of rotatable bonds is 16. The van der Waals surface area contributed by atoms with Crippen molar-refractivity contribution in [3.63, 3.8) is 0 Å². The maximum atomic E-state index is 8.94. The molecule has 0 spiro atoms. The first-order valence-electron chi connectivity index (χ1n) is 10.3. The van der Waals surface area contributed by atoms with Crippen molar-refractivity contribution in [3.8, 4) is 0 Å². The Morgan fingerprint density at radius 3 is 0.931 bits per heavy atom. The minimum absolute atomic E-state index is 0.110. The summed E-state index contributed by atoms with van der Waals surface area (Å²) in [7, 11) is -12.2. The second-order valence-electron chi connectivity index (χ2n) is 9.26. The van der Waals surface area contributed by atoms with E-state index < -0.39 is 42.8 Å². The van der Waals surface area contributed by atoms with E-state index in [4.69, 9.17) is 35.5 Å². The van der Waals surface area contributed by atoms with E-state index in [1.54, 1.807) is 0 Å². The zero-order valence-corrected chi connectivity index (χ0v) is 25.1. The lowest BCUT2D eigenvalue weighted by Crippen LogP contribution is -2.59. The van der Waals surface area contributed by atoms with E-state index in [0.717, 1.165) is 0 Å². The van der Waals surface area contributed by atoms with Crippen molar-refractivity contribution >= 4 is 42.8 Å². The van der Waals surface area contributed by atoms with Gasteiger partial charge in [-0.05, 0) is 78.3 Å². The lowest BCUT2D eigenvalue weighted by Gasteiger charge is -2.41. The van der Waals surface area contributed by atoms with Crippen LogP contribution in [-0.4, -0.2) is 79.4 Å². The zero-order chi connectivity index (χ0) is 23.0. The number of hydrogen-bond donors (Lipinski definition) is 2. The van der Waals surface area contributed by atoms with Gasteiger partial charge in [-0.1, -0.05) is 0 Å². The smallest absolute Gasteiger partial charge is 0.322 e. The molecule has 0 bridgehead atoms. The van der Waals surface area contributed by atoms with Crippen LogP contribution in [0.3, 0.4) is 0 Å². The molecule has 0 aromatic heterocycles. The van der Waals surface area contributed by atoms with Crippen molar-refractivity contribution in [2.24, 2.45) is 0 Å². The number of hydrogen-bond acceptors (Lipinski definition) is 8. The highest BCUT2D eigenvalue weighted by atomic mass is 28.5. The van der Waals surface area contributed by atoms with Gasteiger partial charge in [0.25, 0.3) is 0 Å². The molecule has 0 fully saturated rings. The lowest BCUT2D eigenvalue weighted by molar-refractivity contribution is 0.189. The summed E-state index contributed by atoms with van der Waals surface area (Å²) in [4.78, 5) is 0. The van der Waals surface area contributed by atoms with Crippen LogP contribution in [0.1, 0.15) is 12.8 Å². The third kappa shape index (κ3) is 15.2. The van der Waals surface area contributed by atoms with Crippen LogP contribution < -0.4 is 0 Å². The molecule has 0 saturated carbocycles. The minimum atomic E-state index is -2.52. The van der Waals surface area contributed by atoms with Gasteiger partial charge in [0, 0.05) is 26.4 Å². The summed E-state index contributed by atoms with van der Waals surface area (Å²) in [6, 6.07) is 0. The molecule has 0 heterocycles. The zero-order valence-electron chi connectivity index (χ0n) is 20.1. The fourth-order valence-corrected chi connectivity index (χ4v) is 25.6. The average molecular weight is 505 g/mol. The van der Waals surface area contributed by atoms with Gasteiger partial charge in [-0.2, -0.15) is 0 Å². The van der Waals surface area contributed by atoms with Crippen LogP contribution in [0, 0.1) is 0 Å². The Balaban J connectivity index is 4.88. The van der Waals surface area contributed by atoms with Gasteiger partial charge in [-0.15, -0.1) is 0 Å². The predicted octanol–water partition coefficient (Wildman–Crippen LogP) is 3.36. The summed E-state index contributed by atoms with van der Waals surface area (Å²) in [5, 5.41) is 17.9. The maximum absolute atomic E-state index is 8.94. The first-order chi connectivity index (χ1) is 12.9. The summed E-state index contributed by atoms with van der Waals surface area (Å²) < 4.78 is 37.3. The van der Waals surface area contributed by atoms with Gasteiger partial charge in [0.05, 0.1) is 0 Å². The Hall–Kier alpha value is 0.764. The molecule has 0 aliphatic heterocycles. The van der Waals surface area contributed by atoms with Gasteiger partial charge >= 0.3 is 42.8 Å². The first-order valence-corrected chi connectivity index (χ1v) is 24.3. The Labute approximate surface area is 183 Å². The van der Waals surface area contributed by atoms with Crippen molar-refractivity contribution in [3.05, 3.63) is 0 Å². The standard InChI is InChI=1S/C16H44O8Si5/c1-25(2,19-15-11-13-17)21-27(5,6)23-29(9,10)24-28(7,8)22-26(3,4)20-16-12-14-18/h17-18H,11-16H2,1-10H3. The van der Waals surface area contributed by atoms with Gasteiger partial charge < -0.3 is 35.5 Å². The molecule has 8 nitrogen and oxygen atoms in total. The molecule has 0 rings (SSSR count).